The van der Waals surface area contributed by atoms with Gasteiger partial charge in [-0.2, -0.15) is 13.2 Å². The van der Waals surface area contributed by atoms with Gasteiger partial charge < -0.3 is 10.1 Å². The van der Waals surface area contributed by atoms with E-state index in [2.05, 4.69) is 5.32 Å². The lowest BCUT2D eigenvalue weighted by atomic mass is 9.78. The summed E-state index contributed by atoms with van der Waals surface area (Å²) in [5, 5.41) is 3.26. The molecule has 0 fully saturated rings. The van der Waals surface area contributed by atoms with Crippen LogP contribution in [-0.2, 0) is 16.2 Å². The summed E-state index contributed by atoms with van der Waals surface area (Å²) in [6.45, 7) is 0.350. The Labute approximate surface area is 241 Å². The zero-order valence-electron chi connectivity index (χ0n) is 22.5. The van der Waals surface area contributed by atoms with Crippen LogP contribution < -0.4 is 15.0 Å². The molecule has 0 saturated carbocycles. The van der Waals surface area contributed by atoms with E-state index in [1.807, 2.05) is 54.6 Å². The van der Waals surface area contributed by atoms with Crippen molar-refractivity contribution in [3.8, 4) is 5.75 Å². The van der Waals surface area contributed by atoms with Gasteiger partial charge >= 0.3 is 12.1 Å². The minimum Gasteiger partial charge on any atom is -0.489 e. The molecule has 1 N–H and O–H groups in total. The summed E-state index contributed by atoms with van der Waals surface area (Å²) >= 11 is 0. The number of rotatable bonds is 5. The number of alkyl halides is 3. The number of nitrogens with zero attached hydrogens (tertiary/aromatic N) is 1. The van der Waals surface area contributed by atoms with Crippen molar-refractivity contribution in [2.45, 2.75) is 37.6 Å². The smallest absolute Gasteiger partial charge is 0.471 e. The molecular formula is C34H27F3N2O3. The second-order valence-corrected chi connectivity index (χ2v) is 10.4. The molecule has 42 heavy (non-hydrogen) atoms. The Bertz CT molecular complexity index is 1650. The molecule has 0 radical (unpaired) electrons. The van der Waals surface area contributed by atoms with Crippen LogP contribution in [0.15, 0.2) is 120 Å². The highest BCUT2D eigenvalue weighted by molar-refractivity contribution is 6.07. The van der Waals surface area contributed by atoms with Crippen LogP contribution in [0.5, 0.6) is 5.75 Å². The fraction of sp³-hybridized carbons (Fsp3) is 0.176. The van der Waals surface area contributed by atoms with Gasteiger partial charge in [0, 0.05) is 23.6 Å². The monoisotopic (exact) mass is 568 g/mol. The van der Waals surface area contributed by atoms with E-state index in [1.54, 1.807) is 48.5 Å². The first kappa shape index (κ1) is 27.3. The summed E-state index contributed by atoms with van der Waals surface area (Å²) in [5.74, 6) is -2.00. The van der Waals surface area contributed by atoms with Gasteiger partial charge in [0.25, 0.3) is 0 Å². The maximum atomic E-state index is 14.1. The fourth-order valence-electron chi connectivity index (χ4n) is 5.81. The van der Waals surface area contributed by atoms with E-state index in [4.69, 9.17) is 4.74 Å². The van der Waals surface area contributed by atoms with Crippen molar-refractivity contribution in [1.29, 1.82) is 0 Å². The summed E-state index contributed by atoms with van der Waals surface area (Å²) in [4.78, 5) is 27.8. The molecule has 1 aliphatic heterocycles. The van der Waals surface area contributed by atoms with Gasteiger partial charge in [-0.15, -0.1) is 0 Å². The molecular weight excluding hydrogens is 541 g/mol. The zero-order valence-corrected chi connectivity index (χ0v) is 22.5. The number of halogens is 3. The van der Waals surface area contributed by atoms with Crippen LogP contribution in [0.4, 0.5) is 24.5 Å². The molecule has 5 nitrogen and oxygen atoms in total. The Morgan fingerprint density at radius 3 is 2.21 bits per heavy atom. The number of Topliss-reactive ketones (excluding diaryl/α,β-unsaturated/α-hetero) is 1. The molecule has 0 aromatic heterocycles. The predicted molar refractivity (Wildman–Crippen MR) is 154 cm³/mol. The van der Waals surface area contributed by atoms with Gasteiger partial charge in [-0.25, -0.2) is 0 Å². The zero-order chi connectivity index (χ0) is 29.3. The van der Waals surface area contributed by atoms with E-state index in [0.717, 1.165) is 16.0 Å². The minimum atomic E-state index is -5.15. The Morgan fingerprint density at radius 2 is 1.48 bits per heavy atom. The lowest BCUT2D eigenvalue weighted by Gasteiger charge is -2.35. The topological polar surface area (TPSA) is 58.6 Å². The quantitative estimate of drug-likeness (QED) is 0.268. The third kappa shape index (κ3) is 5.28. The maximum absolute atomic E-state index is 14.1. The average Bonchev–Trinajstić information content (AvgIpc) is 3.15. The van der Waals surface area contributed by atoms with Crippen molar-refractivity contribution in [3.05, 3.63) is 137 Å². The number of ether oxygens (including phenoxy) is 1. The van der Waals surface area contributed by atoms with Crippen LogP contribution in [0.25, 0.3) is 0 Å². The first-order valence-corrected chi connectivity index (χ1v) is 13.6. The molecule has 0 unspecified atom stereocenters. The molecule has 2 aliphatic rings. The van der Waals surface area contributed by atoms with Gasteiger partial charge in [0.2, 0.25) is 0 Å². The Balaban J connectivity index is 1.44. The average molecular weight is 569 g/mol. The lowest BCUT2D eigenvalue weighted by Crippen LogP contribution is -2.45. The number of hydrogen-bond acceptors (Lipinski definition) is 4. The summed E-state index contributed by atoms with van der Waals surface area (Å²) in [5.41, 5.74) is 3.29. The van der Waals surface area contributed by atoms with Crippen LogP contribution in [0, 0.1) is 0 Å². The molecule has 212 valence electrons. The van der Waals surface area contributed by atoms with Crippen LogP contribution >= 0.6 is 0 Å². The predicted octanol–water partition coefficient (Wildman–Crippen LogP) is 7.73. The van der Waals surface area contributed by atoms with Gasteiger partial charge in [0.15, 0.2) is 5.78 Å². The lowest BCUT2D eigenvalue weighted by molar-refractivity contribution is -0.170. The number of allylic oxidation sites excluding steroid dienone is 1. The molecule has 0 spiro atoms. The van der Waals surface area contributed by atoms with Crippen molar-refractivity contribution in [2.24, 2.45) is 0 Å². The van der Waals surface area contributed by atoms with Gasteiger partial charge in [-0.3, -0.25) is 14.5 Å². The molecule has 4 aromatic rings. The van der Waals surface area contributed by atoms with Gasteiger partial charge in [0.05, 0.1) is 17.4 Å². The highest BCUT2D eigenvalue weighted by Gasteiger charge is 2.50. The molecule has 1 heterocycles. The Hall–Kier alpha value is -4.85. The summed E-state index contributed by atoms with van der Waals surface area (Å²) < 4.78 is 48.4. The summed E-state index contributed by atoms with van der Waals surface area (Å²) in [7, 11) is 0. The SMILES string of the molecule is O=C1C[C@H](c2ccccc2OCc2ccccc2)CC2=C1[C@@H](c1ccccc1)N(C(=O)C(F)(F)F)c1ccccc1N2. The number of nitrogens with one attached hydrogen (secondary N) is 1. The van der Waals surface area contributed by atoms with E-state index in [9.17, 15) is 22.8 Å². The first-order valence-electron chi connectivity index (χ1n) is 13.6. The van der Waals surface area contributed by atoms with E-state index in [1.165, 1.54) is 6.07 Å². The van der Waals surface area contributed by atoms with Crippen molar-refractivity contribution < 1.29 is 27.5 Å². The van der Waals surface area contributed by atoms with Gasteiger partial charge in [-0.1, -0.05) is 91.0 Å². The number of anilines is 2. The highest BCUT2D eigenvalue weighted by Crippen LogP contribution is 2.49. The van der Waals surface area contributed by atoms with Crippen LogP contribution in [0.2, 0.25) is 0 Å². The van der Waals surface area contributed by atoms with Crippen LogP contribution in [-0.4, -0.2) is 17.9 Å². The normalized spacial score (nSPS) is 18.5. The summed E-state index contributed by atoms with van der Waals surface area (Å²) in [6, 6.07) is 30.7. The number of ketones is 1. The Morgan fingerprint density at radius 1 is 0.833 bits per heavy atom. The van der Waals surface area contributed by atoms with Crippen molar-refractivity contribution in [2.75, 3.05) is 10.2 Å². The number of benzene rings is 4. The first-order chi connectivity index (χ1) is 20.3. The molecule has 1 amide bonds. The van der Waals surface area contributed by atoms with Crippen molar-refractivity contribution in [3.63, 3.8) is 0 Å². The fourth-order valence-corrected chi connectivity index (χ4v) is 5.81. The third-order valence-electron chi connectivity index (χ3n) is 7.66. The third-order valence-corrected chi connectivity index (χ3v) is 7.66. The number of hydrogen-bond donors (Lipinski definition) is 1. The molecule has 0 bridgehead atoms. The van der Waals surface area contributed by atoms with E-state index < -0.39 is 18.1 Å². The largest absolute Gasteiger partial charge is 0.489 e. The van der Waals surface area contributed by atoms with E-state index >= 15 is 0 Å². The number of carbonyl (C=O) groups excluding carboxylic acids is 2. The number of para-hydroxylation sites is 3. The molecule has 8 heteroatoms. The molecule has 6 rings (SSSR count). The molecule has 4 aromatic carbocycles. The Kier molecular flexibility index (Phi) is 7.29. The number of amides is 1. The molecule has 0 saturated heterocycles. The minimum absolute atomic E-state index is 0.0547. The standard InChI is InChI=1S/C34H27F3N2O3/c35-34(36,37)33(41)39-28-17-9-8-16-26(28)38-27-19-24(20-29(40)31(27)32(39)23-13-5-2-6-14-23)25-15-7-10-18-30(25)42-21-22-11-3-1-4-12-22/h1-18,24,32,38H,19-21H2/t24-,32-/m1/s1. The van der Waals surface area contributed by atoms with Crippen LogP contribution in [0.1, 0.15) is 41.5 Å². The second-order valence-electron chi connectivity index (χ2n) is 10.4. The van der Waals surface area contributed by atoms with Crippen molar-refractivity contribution >= 4 is 23.1 Å². The maximum Gasteiger partial charge on any atom is 0.471 e. The van der Waals surface area contributed by atoms with E-state index in [-0.39, 0.29) is 29.4 Å². The molecule has 1 aliphatic carbocycles. The molecule has 2 atom stereocenters. The highest BCUT2D eigenvalue weighted by atomic mass is 19.4. The number of carbonyl (C=O) groups is 2. The number of fused-ring (bicyclic) bond motifs is 1. The summed E-state index contributed by atoms with van der Waals surface area (Å²) in [6.07, 6.45) is -4.75. The van der Waals surface area contributed by atoms with Crippen molar-refractivity contribution in [1.82, 2.24) is 0 Å². The second kappa shape index (κ2) is 11.2. The van der Waals surface area contributed by atoms with E-state index in [0.29, 0.717) is 35.7 Å². The van der Waals surface area contributed by atoms with Gasteiger partial charge in [0.1, 0.15) is 12.4 Å². The van der Waals surface area contributed by atoms with Gasteiger partial charge in [-0.05, 0) is 41.3 Å². The van der Waals surface area contributed by atoms with Crippen LogP contribution in [0.3, 0.4) is 0 Å².